The van der Waals surface area contributed by atoms with Crippen molar-refractivity contribution in [2.45, 2.75) is 57.7 Å². The maximum Gasteiger partial charge on any atom is 0.268 e. The molecule has 4 rings (SSSR count). The minimum Gasteiger partial charge on any atom is -0.385 e. The Morgan fingerprint density at radius 3 is 2.71 bits per heavy atom. The summed E-state index contributed by atoms with van der Waals surface area (Å²) in [6.45, 7) is 6.12. The molecule has 0 aliphatic carbocycles. The Labute approximate surface area is 206 Å². The molecule has 3 aliphatic rings. The van der Waals surface area contributed by atoms with E-state index in [1.165, 1.54) is 12.8 Å². The number of rotatable bonds is 8. The van der Waals surface area contributed by atoms with Gasteiger partial charge in [-0.25, -0.2) is 5.26 Å². The number of imide groups is 2. The van der Waals surface area contributed by atoms with E-state index >= 15 is 0 Å². The van der Waals surface area contributed by atoms with E-state index in [1.807, 2.05) is 6.07 Å². The van der Waals surface area contributed by atoms with Crippen molar-refractivity contribution in [2.24, 2.45) is 5.41 Å². The summed E-state index contributed by atoms with van der Waals surface area (Å²) < 4.78 is 0. The van der Waals surface area contributed by atoms with Crippen LogP contribution >= 0.6 is 0 Å². The smallest absolute Gasteiger partial charge is 0.268 e. The lowest BCUT2D eigenvalue weighted by molar-refractivity contribution is -0.139. The molecule has 4 amide bonds. The van der Waals surface area contributed by atoms with Crippen LogP contribution in [0.3, 0.4) is 0 Å². The van der Waals surface area contributed by atoms with Crippen molar-refractivity contribution in [2.75, 3.05) is 31.5 Å². The van der Waals surface area contributed by atoms with Gasteiger partial charge < -0.3 is 10.2 Å². The lowest BCUT2D eigenvalue weighted by Crippen LogP contribution is -2.53. The molecule has 1 aromatic rings. The Hall–Kier alpha value is -3.19. The summed E-state index contributed by atoms with van der Waals surface area (Å²) in [5.74, 6) is 0.829. The van der Waals surface area contributed by atoms with Gasteiger partial charge in [0.05, 0.1) is 0 Å². The Morgan fingerprint density at radius 1 is 1.34 bits per heavy atom. The number of hydrogen-bond acceptors (Lipinski definition) is 7. The molecule has 3 saturated heterocycles. The molecule has 0 bridgehead atoms. The van der Waals surface area contributed by atoms with Gasteiger partial charge in [-0.2, -0.15) is 0 Å². The molecule has 1 aromatic carbocycles. The highest BCUT2D eigenvalue weighted by atomic mass is 16.2. The molecule has 9 nitrogen and oxygen atoms in total. The first-order chi connectivity index (χ1) is 16.8. The minimum absolute atomic E-state index is 0.0931. The third-order valence-electron chi connectivity index (χ3n) is 7.79. The van der Waals surface area contributed by atoms with Crippen molar-refractivity contribution in [1.82, 2.24) is 15.1 Å². The average molecular weight is 477 g/mol. The molecule has 0 saturated carbocycles. The lowest BCUT2D eigenvalue weighted by atomic mass is 9.26. The Bertz CT molecular complexity index is 1040. The van der Waals surface area contributed by atoms with Crippen molar-refractivity contribution >= 4 is 36.5 Å². The molecule has 2 N–H and O–H groups in total. The van der Waals surface area contributed by atoms with Crippen LogP contribution in [0.15, 0.2) is 18.2 Å². The molecule has 35 heavy (non-hydrogen) atoms. The normalized spacial score (nSPS) is 21.6. The molecule has 3 fully saturated rings. The van der Waals surface area contributed by atoms with E-state index in [4.69, 9.17) is 5.26 Å². The summed E-state index contributed by atoms with van der Waals surface area (Å²) in [5.41, 5.74) is 2.39. The van der Waals surface area contributed by atoms with Gasteiger partial charge in [0.25, 0.3) is 12.6 Å². The fourth-order valence-corrected chi connectivity index (χ4v) is 5.63. The Morgan fingerprint density at radius 2 is 2.09 bits per heavy atom. The molecule has 3 aliphatic heterocycles. The first-order valence-electron chi connectivity index (χ1n) is 12.4. The third-order valence-corrected chi connectivity index (χ3v) is 7.79. The Balaban J connectivity index is 1.23. The van der Waals surface area contributed by atoms with Gasteiger partial charge in [0.15, 0.2) is 0 Å². The molecule has 0 radical (unpaired) electrons. The van der Waals surface area contributed by atoms with Crippen molar-refractivity contribution in [3.63, 3.8) is 0 Å². The third kappa shape index (κ3) is 5.56. The van der Waals surface area contributed by atoms with E-state index in [9.17, 15) is 19.2 Å². The number of benzene rings is 1. The molecule has 3 heterocycles. The topological polar surface area (TPSA) is 123 Å². The number of amides is 4. The van der Waals surface area contributed by atoms with E-state index in [1.54, 1.807) is 19.1 Å². The zero-order chi connectivity index (χ0) is 25.0. The van der Waals surface area contributed by atoms with Gasteiger partial charge in [-0.1, -0.05) is 12.6 Å². The van der Waals surface area contributed by atoms with Crippen LogP contribution in [0.4, 0.5) is 5.69 Å². The number of aryl methyl sites for hydroxylation is 1. The molecule has 1 spiro atoms. The van der Waals surface area contributed by atoms with Crippen LogP contribution in [0, 0.1) is 23.6 Å². The summed E-state index contributed by atoms with van der Waals surface area (Å²) in [6, 6.07) is 4.37. The second kappa shape index (κ2) is 10.6. The number of anilines is 1. The molecule has 184 valence electrons. The molecule has 1 unspecified atom stereocenters. The standard InChI is InChI=1S/C25H32BN5O4/c1-18-13-19(28-9-2-10-30-11-7-25(8-12-30)14-26(15-25)16-27)3-4-20(18)24(35)31(17-32)21-5-6-22(33)29-23(21)34/h3-4,13,17,21,28H,2,5-12,14-15H2,1H3,(H,29,33,34). The second-order valence-corrected chi connectivity index (χ2v) is 10.2. The SMILES string of the molecule is Cc1cc(NCCCN2CCC3(CC2)CB(C#N)C3)ccc1C(=O)N(C=O)C1CCC(=O)NC1=O. The quantitative estimate of drug-likeness (QED) is 0.254. The number of carbonyl (C=O) groups excluding carboxylic acids is 4. The maximum absolute atomic E-state index is 13.0. The zero-order valence-corrected chi connectivity index (χ0v) is 20.2. The van der Waals surface area contributed by atoms with E-state index in [2.05, 4.69) is 21.5 Å². The van der Waals surface area contributed by atoms with Crippen LogP contribution in [0.2, 0.25) is 12.6 Å². The summed E-state index contributed by atoms with van der Waals surface area (Å²) in [5, 5.41) is 14.6. The van der Waals surface area contributed by atoms with E-state index in [-0.39, 0.29) is 19.6 Å². The highest BCUT2D eigenvalue weighted by Crippen LogP contribution is 2.49. The second-order valence-electron chi connectivity index (χ2n) is 10.2. The fraction of sp³-hybridized carbons (Fsp3) is 0.560. The van der Waals surface area contributed by atoms with Gasteiger partial charge in [-0.3, -0.25) is 29.4 Å². The summed E-state index contributed by atoms with van der Waals surface area (Å²) in [6.07, 6.45) is 6.14. The highest BCUT2D eigenvalue weighted by Gasteiger charge is 2.47. The lowest BCUT2D eigenvalue weighted by Gasteiger charge is -2.49. The average Bonchev–Trinajstić information content (AvgIpc) is 2.82. The number of likely N-dealkylation sites (tertiary alicyclic amines) is 1. The van der Waals surface area contributed by atoms with Crippen LogP contribution in [0.5, 0.6) is 0 Å². The van der Waals surface area contributed by atoms with Crippen LogP contribution in [-0.2, 0) is 14.4 Å². The van der Waals surface area contributed by atoms with E-state index in [0.29, 0.717) is 23.0 Å². The molecule has 10 heteroatoms. The van der Waals surface area contributed by atoms with Gasteiger partial charge in [-0.15, -0.1) is 0 Å². The first-order valence-corrected chi connectivity index (χ1v) is 12.4. The summed E-state index contributed by atoms with van der Waals surface area (Å²) in [7, 11) is 0. The van der Waals surface area contributed by atoms with Crippen molar-refractivity contribution in [3.05, 3.63) is 29.3 Å². The molecule has 0 aromatic heterocycles. The number of nitriles is 1. The number of piperidine rings is 2. The van der Waals surface area contributed by atoms with E-state index in [0.717, 1.165) is 55.8 Å². The maximum atomic E-state index is 13.0. The summed E-state index contributed by atoms with van der Waals surface area (Å²) >= 11 is 0. The predicted molar refractivity (Wildman–Crippen MR) is 132 cm³/mol. The van der Waals surface area contributed by atoms with Crippen molar-refractivity contribution < 1.29 is 19.2 Å². The van der Waals surface area contributed by atoms with Crippen molar-refractivity contribution in [3.8, 4) is 5.97 Å². The summed E-state index contributed by atoms with van der Waals surface area (Å²) in [4.78, 5) is 51.5. The molecular formula is C25H32BN5O4. The van der Waals surface area contributed by atoms with Crippen LogP contribution in [0.1, 0.15) is 48.0 Å². The molecular weight excluding hydrogens is 445 g/mol. The largest absolute Gasteiger partial charge is 0.385 e. The minimum atomic E-state index is -0.975. The van der Waals surface area contributed by atoms with Crippen LogP contribution in [0.25, 0.3) is 0 Å². The van der Waals surface area contributed by atoms with Gasteiger partial charge in [0.2, 0.25) is 18.2 Å². The number of carbonyl (C=O) groups is 4. The fourth-order valence-electron chi connectivity index (χ4n) is 5.63. The van der Waals surface area contributed by atoms with Crippen LogP contribution < -0.4 is 10.6 Å². The predicted octanol–water partition coefficient (Wildman–Crippen LogP) is 1.85. The number of nitrogens with zero attached hydrogens (tertiary/aromatic N) is 3. The zero-order valence-electron chi connectivity index (χ0n) is 20.2. The Kier molecular flexibility index (Phi) is 7.55. The first kappa shape index (κ1) is 24.9. The highest BCUT2D eigenvalue weighted by molar-refractivity contribution is 6.70. The van der Waals surface area contributed by atoms with Gasteiger partial charge in [0, 0.05) is 30.2 Å². The van der Waals surface area contributed by atoms with Crippen molar-refractivity contribution in [1.29, 1.82) is 5.26 Å². The van der Waals surface area contributed by atoms with E-state index < -0.39 is 23.8 Å². The van der Waals surface area contributed by atoms with Gasteiger partial charge >= 0.3 is 0 Å². The molecule has 1 atom stereocenters. The monoisotopic (exact) mass is 477 g/mol. The van der Waals surface area contributed by atoms with Gasteiger partial charge in [-0.05, 0) is 81.4 Å². The number of nitrogens with one attached hydrogen (secondary N) is 2. The van der Waals surface area contributed by atoms with Crippen LogP contribution in [-0.4, -0.2) is 72.9 Å². The van der Waals surface area contributed by atoms with Gasteiger partial charge in [0.1, 0.15) is 6.04 Å². The number of hydrogen-bond donors (Lipinski definition) is 2.